The van der Waals surface area contributed by atoms with Crippen LogP contribution in [-0.4, -0.2) is 48.1 Å². The van der Waals surface area contributed by atoms with Crippen molar-refractivity contribution < 1.29 is 9.53 Å². The van der Waals surface area contributed by atoms with Crippen molar-refractivity contribution in [2.24, 2.45) is 0 Å². The Labute approximate surface area is 262 Å². The highest BCUT2D eigenvalue weighted by Crippen LogP contribution is 2.36. The second-order valence-electron chi connectivity index (χ2n) is 13.6. The molecule has 2 aliphatic rings. The number of likely N-dealkylation sites (tertiary alicyclic amines) is 1. The molecule has 3 aromatic heterocycles. The largest absolute Gasteiger partial charge is 0.444 e. The van der Waals surface area contributed by atoms with Gasteiger partial charge in [-0.2, -0.15) is 0 Å². The number of carbonyl (C=O) groups excluding carboxylic acids is 1. The van der Waals surface area contributed by atoms with Crippen molar-refractivity contribution in [2.45, 2.75) is 76.9 Å². The Morgan fingerprint density at radius 2 is 1.38 bits per heavy atom. The minimum absolute atomic E-state index is 0.119. The molecule has 3 aromatic carbocycles. The van der Waals surface area contributed by atoms with E-state index in [0.29, 0.717) is 12.5 Å². The van der Waals surface area contributed by atoms with E-state index in [1.807, 2.05) is 26.8 Å². The molecular formula is C37H38N6O2. The van der Waals surface area contributed by atoms with E-state index in [9.17, 15) is 4.79 Å². The smallest absolute Gasteiger partial charge is 0.410 e. The second kappa shape index (κ2) is 10.7. The summed E-state index contributed by atoms with van der Waals surface area (Å²) in [7, 11) is 0. The van der Waals surface area contributed by atoms with Gasteiger partial charge in [0.15, 0.2) is 0 Å². The third kappa shape index (κ3) is 5.32. The predicted octanol–water partition coefficient (Wildman–Crippen LogP) is 9.05. The fourth-order valence-electron chi connectivity index (χ4n) is 7.00. The standard InChI is InChI=1S/C37H38N6O2/c1-37(2,3)45-36(44)43-18-6-9-33(43)35-40-30-17-13-26(21-32(30)42-35)28-15-12-25-19-23(10-14-27(25)38-28)24-11-16-29-31(20-24)41-34(39-29)22-7-4-5-8-22/h10-17,19-22,33H,4-9,18H2,1-3H3,(H,39,41)(H,40,42)/t33-/m0/s1. The monoisotopic (exact) mass is 598 g/mol. The van der Waals surface area contributed by atoms with Crippen LogP contribution in [0, 0.1) is 0 Å². The highest BCUT2D eigenvalue weighted by Gasteiger charge is 2.35. The summed E-state index contributed by atoms with van der Waals surface area (Å²) in [6.45, 7) is 6.35. The SMILES string of the molecule is CC(C)(C)OC(=O)N1CCC[C@H]1c1nc2ccc(-c3ccc4cc(-c5ccc6nc(C7CCCC7)[nH]c6c5)ccc4n3)cc2[nH]1. The molecule has 6 aromatic rings. The first-order valence-electron chi connectivity index (χ1n) is 16.2. The van der Waals surface area contributed by atoms with Gasteiger partial charge >= 0.3 is 6.09 Å². The molecule has 45 heavy (non-hydrogen) atoms. The van der Waals surface area contributed by atoms with Gasteiger partial charge < -0.3 is 14.7 Å². The third-order valence-corrected chi connectivity index (χ3v) is 9.26. The number of nitrogens with one attached hydrogen (secondary N) is 2. The number of ether oxygens (including phenoxy) is 1. The molecule has 8 heteroatoms. The average Bonchev–Trinajstić information content (AvgIpc) is 3.84. The van der Waals surface area contributed by atoms with Crippen molar-refractivity contribution in [1.82, 2.24) is 29.8 Å². The van der Waals surface area contributed by atoms with Crippen LogP contribution in [0.3, 0.4) is 0 Å². The Kier molecular flexibility index (Phi) is 6.62. The molecule has 8 rings (SSSR count). The molecule has 1 aliphatic heterocycles. The lowest BCUT2D eigenvalue weighted by atomic mass is 10.0. The number of amides is 1. The first-order chi connectivity index (χ1) is 21.8. The molecule has 0 bridgehead atoms. The zero-order valence-corrected chi connectivity index (χ0v) is 26.1. The molecule has 2 fully saturated rings. The molecule has 1 atom stereocenters. The van der Waals surface area contributed by atoms with E-state index < -0.39 is 5.60 Å². The van der Waals surface area contributed by atoms with Crippen LogP contribution < -0.4 is 0 Å². The van der Waals surface area contributed by atoms with Gasteiger partial charge in [0, 0.05) is 23.4 Å². The van der Waals surface area contributed by atoms with Gasteiger partial charge in [0.25, 0.3) is 0 Å². The van der Waals surface area contributed by atoms with Crippen LogP contribution in [0.25, 0.3) is 55.4 Å². The number of aromatic nitrogens is 5. The lowest BCUT2D eigenvalue weighted by Gasteiger charge is -2.27. The Balaban J connectivity index is 1.04. The van der Waals surface area contributed by atoms with Crippen molar-refractivity contribution in [3.05, 3.63) is 78.4 Å². The van der Waals surface area contributed by atoms with Crippen LogP contribution in [-0.2, 0) is 4.74 Å². The Hall–Kier alpha value is -4.72. The van der Waals surface area contributed by atoms with E-state index in [-0.39, 0.29) is 12.1 Å². The molecular weight excluding hydrogens is 560 g/mol. The number of benzene rings is 3. The van der Waals surface area contributed by atoms with Gasteiger partial charge in [-0.05, 0) is 100 Å². The Bertz CT molecular complexity index is 2060. The maximum atomic E-state index is 12.9. The fraction of sp³-hybridized carbons (Fsp3) is 0.351. The Morgan fingerprint density at radius 3 is 2.13 bits per heavy atom. The van der Waals surface area contributed by atoms with Crippen LogP contribution in [0.15, 0.2) is 66.7 Å². The first kappa shape index (κ1) is 27.8. The van der Waals surface area contributed by atoms with Crippen molar-refractivity contribution in [3.8, 4) is 22.4 Å². The molecule has 2 N–H and O–H groups in total. The number of aromatic amines is 2. The quantitative estimate of drug-likeness (QED) is 0.211. The Morgan fingerprint density at radius 1 is 0.733 bits per heavy atom. The van der Waals surface area contributed by atoms with E-state index in [1.165, 1.54) is 31.2 Å². The topological polar surface area (TPSA) is 99.8 Å². The van der Waals surface area contributed by atoms with Crippen molar-refractivity contribution in [2.75, 3.05) is 6.54 Å². The van der Waals surface area contributed by atoms with Gasteiger partial charge in [-0.3, -0.25) is 4.90 Å². The summed E-state index contributed by atoms with van der Waals surface area (Å²) in [4.78, 5) is 36.5. The van der Waals surface area contributed by atoms with Gasteiger partial charge in [0.2, 0.25) is 0 Å². The number of H-pyrrole nitrogens is 2. The maximum Gasteiger partial charge on any atom is 0.410 e. The summed E-state index contributed by atoms with van der Waals surface area (Å²) in [6, 6.07) is 23.3. The van der Waals surface area contributed by atoms with E-state index in [4.69, 9.17) is 19.7 Å². The van der Waals surface area contributed by atoms with Crippen molar-refractivity contribution in [1.29, 1.82) is 0 Å². The fourth-order valence-corrected chi connectivity index (χ4v) is 7.00. The summed E-state index contributed by atoms with van der Waals surface area (Å²) in [5.74, 6) is 2.51. The molecule has 8 nitrogen and oxygen atoms in total. The molecule has 0 unspecified atom stereocenters. The number of hydrogen-bond acceptors (Lipinski definition) is 5. The number of pyridine rings is 1. The van der Waals surface area contributed by atoms with Gasteiger partial charge in [0.1, 0.15) is 17.2 Å². The van der Waals surface area contributed by atoms with Gasteiger partial charge in [0.05, 0.1) is 39.3 Å². The van der Waals surface area contributed by atoms with Crippen molar-refractivity contribution >= 4 is 39.1 Å². The molecule has 0 radical (unpaired) electrons. The number of hydrogen-bond donors (Lipinski definition) is 2. The summed E-state index contributed by atoms with van der Waals surface area (Å²) < 4.78 is 5.66. The van der Waals surface area contributed by atoms with Crippen LogP contribution in [0.5, 0.6) is 0 Å². The first-order valence-corrected chi connectivity index (χ1v) is 16.2. The molecule has 1 saturated carbocycles. The molecule has 4 heterocycles. The van der Waals surface area contributed by atoms with Crippen LogP contribution in [0.2, 0.25) is 0 Å². The minimum Gasteiger partial charge on any atom is -0.444 e. The number of fused-ring (bicyclic) bond motifs is 3. The molecule has 228 valence electrons. The summed E-state index contributed by atoms with van der Waals surface area (Å²) in [6.07, 6.45) is 6.57. The van der Waals surface area contributed by atoms with E-state index in [0.717, 1.165) is 74.3 Å². The average molecular weight is 599 g/mol. The van der Waals surface area contributed by atoms with Crippen LogP contribution >= 0.6 is 0 Å². The summed E-state index contributed by atoms with van der Waals surface area (Å²) in [5.41, 5.74) is 8.62. The van der Waals surface area contributed by atoms with Crippen LogP contribution in [0.4, 0.5) is 4.79 Å². The second-order valence-corrected chi connectivity index (χ2v) is 13.6. The minimum atomic E-state index is -0.533. The zero-order chi connectivity index (χ0) is 30.7. The van der Waals surface area contributed by atoms with E-state index in [1.54, 1.807) is 4.90 Å². The molecule has 1 aliphatic carbocycles. The molecule has 0 spiro atoms. The highest BCUT2D eigenvalue weighted by atomic mass is 16.6. The van der Waals surface area contributed by atoms with Gasteiger partial charge in [-0.15, -0.1) is 0 Å². The predicted molar refractivity (Wildman–Crippen MR) is 178 cm³/mol. The van der Waals surface area contributed by atoms with Crippen molar-refractivity contribution in [3.63, 3.8) is 0 Å². The van der Waals surface area contributed by atoms with Crippen LogP contribution in [0.1, 0.15) is 82.9 Å². The maximum absolute atomic E-state index is 12.9. The lowest BCUT2D eigenvalue weighted by molar-refractivity contribution is 0.0219. The normalized spacial score (nSPS) is 17.7. The number of imidazole rings is 2. The number of nitrogens with zero attached hydrogens (tertiary/aromatic N) is 4. The molecule has 1 amide bonds. The number of carbonyl (C=O) groups is 1. The van der Waals surface area contributed by atoms with Gasteiger partial charge in [-0.25, -0.2) is 19.7 Å². The third-order valence-electron chi connectivity index (χ3n) is 9.26. The summed E-state index contributed by atoms with van der Waals surface area (Å²) in [5, 5.41) is 1.10. The van der Waals surface area contributed by atoms with E-state index >= 15 is 0 Å². The van der Waals surface area contributed by atoms with Gasteiger partial charge in [-0.1, -0.05) is 37.1 Å². The lowest BCUT2D eigenvalue weighted by Crippen LogP contribution is -2.36. The van der Waals surface area contributed by atoms with E-state index in [2.05, 4.69) is 70.6 Å². The number of rotatable bonds is 4. The summed E-state index contributed by atoms with van der Waals surface area (Å²) >= 11 is 0. The zero-order valence-electron chi connectivity index (χ0n) is 26.1. The highest BCUT2D eigenvalue weighted by molar-refractivity contribution is 5.89. The molecule has 1 saturated heterocycles.